The fourth-order valence-corrected chi connectivity index (χ4v) is 3.03. The van der Waals surface area contributed by atoms with Gasteiger partial charge in [0.25, 0.3) is 5.91 Å². The van der Waals surface area contributed by atoms with E-state index in [0.29, 0.717) is 24.0 Å². The van der Waals surface area contributed by atoms with Gasteiger partial charge in [0.2, 0.25) is 0 Å². The van der Waals surface area contributed by atoms with Gasteiger partial charge >= 0.3 is 0 Å². The summed E-state index contributed by atoms with van der Waals surface area (Å²) in [6.07, 6.45) is 0.858. The van der Waals surface area contributed by atoms with Crippen molar-refractivity contribution < 1.29 is 19.0 Å². The molecule has 1 amide bonds. The SMILES string of the molecule is CC(C)[C@@H](NC(=O)COc1ccc(Cl)cc1)c1ccc2c(c1)OCCCO2. The molecule has 1 N–H and O–H groups in total. The maximum Gasteiger partial charge on any atom is 0.258 e. The Morgan fingerprint density at radius 3 is 2.52 bits per heavy atom. The topological polar surface area (TPSA) is 56.8 Å². The van der Waals surface area contributed by atoms with Gasteiger partial charge in [0.1, 0.15) is 5.75 Å². The van der Waals surface area contributed by atoms with Crippen LogP contribution in [0.3, 0.4) is 0 Å². The van der Waals surface area contributed by atoms with Crippen LogP contribution in [0.4, 0.5) is 0 Å². The first-order valence-electron chi connectivity index (χ1n) is 9.10. The van der Waals surface area contributed by atoms with Crippen molar-refractivity contribution in [1.29, 1.82) is 0 Å². The van der Waals surface area contributed by atoms with Gasteiger partial charge in [-0.25, -0.2) is 0 Å². The Balaban J connectivity index is 1.65. The first-order chi connectivity index (χ1) is 13.0. The molecular formula is C21H24ClNO4. The summed E-state index contributed by atoms with van der Waals surface area (Å²) in [6, 6.07) is 12.6. The Morgan fingerprint density at radius 2 is 1.81 bits per heavy atom. The molecule has 0 radical (unpaired) electrons. The van der Waals surface area contributed by atoms with Gasteiger partial charge in [0, 0.05) is 11.4 Å². The quantitative estimate of drug-likeness (QED) is 0.795. The molecule has 6 heteroatoms. The molecule has 0 aliphatic carbocycles. The highest BCUT2D eigenvalue weighted by molar-refractivity contribution is 6.30. The van der Waals surface area contributed by atoms with Gasteiger partial charge in [0.05, 0.1) is 19.3 Å². The molecule has 1 aliphatic heterocycles. The summed E-state index contributed by atoms with van der Waals surface area (Å²) in [7, 11) is 0. The third kappa shape index (κ3) is 5.30. The second kappa shape index (κ2) is 9.00. The van der Waals surface area contributed by atoms with E-state index in [1.807, 2.05) is 18.2 Å². The number of hydrogen-bond donors (Lipinski definition) is 1. The third-order valence-corrected chi connectivity index (χ3v) is 4.55. The van der Waals surface area contributed by atoms with E-state index < -0.39 is 0 Å². The lowest BCUT2D eigenvalue weighted by atomic mass is 9.95. The van der Waals surface area contributed by atoms with E-state index in [-0.39, 0.29) is 24.5 Å². The zero-order chi connectivity index (χ0) is 19.2. The fraction of sp³-hybridized carbons (Fsp3) is 0.381. The van der Waals surface area contributed by atoms with Crippen LogP contribution in [-0.4, -0.2) is 25.7 Å². The molecule has 0 unspecified atom stereocenters. The van der Waals surface area contributed by atoms with E-state index >= 15 is 0 Å². The molecule has 0 aromatic heterocycles. The molecule has 0 saturated heterocycles. The highest BCUT2D eigenvalue weighted by Crippen LogP contribution is 2.34. The highest BCUT2D eigenvalue weighted by Gasteiger charge is 2.21. The first kappa shape index (κ1) is 19.4. The highest BCUT2D eigenvalue weighted by atomic mass is 35.5. The number of hydrogen-bond acceptors (Lipinski definition) is 4. The van der Waals surface area contributed by atoms with Gasteiger partial charge in [-0.3, -0.25) is 4.79 Å². The molecule has 2 aromatic carbocycles. The average Bonchev–Trinajstić information content (AvgIpc) is 2.90. The van der Waals surface area contributed by atoms with Gasteiger partial charge < -0.3 is 19.5 Å². The second-order valence-corrected chi connectivity index (χ2v) is 7.22. The number of nitrogens with one attached hydrogen (secondary N) is 1. The second-order valence-electron chi connectivity index (χ2n) is 6.79. The monoisotopic (exact) mass is 389 g/mol. The minimum absolute atomic E-state index is 0.0601. The van der Waals surface area contributed by atoms with Crippen LogP contribution in [0.25, 0.3) is 0 Å². The summed E-state index contributed by atoms with van der Waals surface area (Å²) in [5.74, 6) is 2.09. The molecule has 144 valence electrons. The van der Waals surface area contributed by atoms with Crippen molar-refractivity contribution in [3.63, 3.8) is 0 Å². The molecule has 1 atom stereocenters. The van der Waals surface area contributed by atoms with Crippen LogP contribution in [0, 0.1) is 5.92 Å². The lowest BCUT2D eigenvalue weighted by molar-refractivity contribution is -0.124. The molecule has 0 spiro atoms. The zero-order valence-electron chi connectivity index (χ0n) is 15.5. The molecule has 3 rings (SSSR count). The number of halogens is 1. The molecule has 2 aromatic rings. The van der Waals surface area contributed by atoms with Crippen LogP contribution in [0.2, 0.25) is 5.02 Å². The summed E-state index contributed by atoms with van der Waals surface area (Å²) < 4.78 is 17.0. The molecule has 1 aliphatic rings. The largest absolute Gasteiger partial charge is 0.490 e. The summed E-state index contributed by atoms with van der Waals surface area (Å²) in [4.78, 5) is 12.4. The predicted molar refractivity (Wildman–Crippen MR) is 105 cm³/mol. The van der Waals surface area contributed by atoms with Crippen LogP contribution in [0.5, 0.6) is 17.2 Å². The summed E-state index contributed by atoms with van der Waals surface area (Å²) in [6.45, 7) is 5.35. The smallest absolute Gasteiger partial charge is 0.258 e. The average molecular weight is 390 g/mol. The van der Waals surface area contributed by atoms with Crippen molar-refractivity contribution in [2.45, 2.75) is 26.3 Å². The summed E-state index contributed by atoms with van der Waals surface area (Å²) in [5, 5.41) is 3.68. The van der Waals surface area contributed by atoms with Crippen molar-refractivity contribution in [3.8, 4) is 17.2 Å². The van der Waals surface area contributed by atoms with Crippen molar-refractivity contribution >= 4 is 17.5 Å². The van der Waals surface area contributed by atoms with Crippen LogP contribution >= 0.6 is 11.6 Å². The maximum absolute atomic E-state index is 12.4. The standard InChI is InChI=1S/C21H24ClNO4/c1-14(2)21(15-4-9-18-19(12-15)26-11-3-10-25-18)23-20(24)13-27-17-7-5-16(22)6-8-17/h4-9,12,14,21H,3,10-11,13H2,1-2H3,(H,23,24)/t21-/m1/s1. The maximum atomic E-state index is 12.4. The molecule has 0 bridgehead atoms. The Kier molecular flexibility index (Phi) is 6.45. The number of carbonyl (C=O) groups is 1. The Hall–Kier alpha value is -2.40. The predicted octanol–water partition coefficient (Wildman–Crippen LogP) is 4.39. The Bertz CT molecular complexity index is 776. The van der Waals surface area contributed by atoms with Gasteiger partial charge in [0.15, 0.2) is 18.1 Å². The number of amides is 1. The fourth-order valence-electron chi connectivity index (χ4n) is 2.90. The van der Waals surface area contributed by atoms with E-state index in [1.165, 1.54) is 0 Å². The number of ether oxygens (including phenoxy) is 3. The Labute approximate surface area is 164 Å². The van der Waals surface area contributed by atoms with Crippen LogP contribution in [0.15, 0.2) is 42.5 Å². The van der Waals surface area contributed by atoms with E-state index in [4.69, 9.17) is 25.8 Å². The van der Waals surface area contributed by atoms with E-state index in [1.54, 1.807) is 24.3 Å². The van der Waals surface area contributed by atoms with Gasteiger partial charge in [-0.2, -0.15) is 0 Å². The van der Waals surface area contributed by atoms with Crippen LogP contribution in [0.1, 0.15) is 31.9 Å². The van der Waals surface area contributed by atoms with E-state index in [9.17, 15) is 4.79 Å². The van der Waals surface area contributed by atoms with E-state index in [2.05, 4.69) is 19.2 Å². The molecule has 0 saturated carbocycles. The zero-order valence-corrected chi connectivity index (χ0v) is 16.3. The normalized spacial score (nSPS) is 14.4. The molecule has 0 fully saturated rings. The van der Waals surface area contributed by atoms with Crippen LogP contribution in [-0.2, 0) is 4.79 Å². The minimum Gasteiger partial charge on any atom is -0.490 e. The molecule has 27 heavy (non-hydrogen) atoms. The number of carbonyl (C=O) groups excluding carboxylic acids is 1. The lowest BCUT2D eigenvalue weighted by Crippen LogP contribution is -2.35. The summed E-state index contributed by atoms with van der Waals surface area (Å²) in [5.41, 5.74) is 0.981. The minimum atomic E-state index is -0.184. The number of fused-ring (bicyclic) bond motifs is 1. The number of rotatable bonds is 6. The van der Waals surface area contributed by atoms with Crippen molar-refractivity contribution in [2.75, 3.05) is 19.8 Å². The summed E-state index contributed by atoms with van der Waals surface area (Å²) >= 11 is 5.85. The van der Waals surface area contributed by atoms with E-state index in [0.717, 1.165) is 23.5 Å². The Morgan fingerprint density at radius 1 is 1.11 bits per heavy atom. The van der Waals surface area contributed by atoms with Crippen molar-refractivity contribution in [3.05, 3.63) is 53.1 Å². The van der Waals surface area contributed by atoms with Gasteiger partial charge in [-0.05, 0) is 47.9 Å². The van der Waals surface area contributed by atoms with Crippen molar-refractivity contribution in [1.82, 2.24) is 5.32 Å². The molecule has 5 nitrogen and oxygen atoms in total. The van der Waals surface area contributed by atoms with Crippen molar-refractivity contribution in [2.24, 2.45) is 5.92 Å². The van der Waals surface area contributed by atoms with Gasteiger partial charge in [-0.15, -0.1) is 0 Å². The van der Waals surface area contributed by atoms with Crippen LogP contribution < -0.4 is 19.5 Å². The molecular weight excluding hydrogens is 366 g/mol. The third-order valence-electron chi connectivity index (χ3n) is 4.30. The lowest BCUT2D eigenvalue weighted by Gasteiger charge is -2.24. The molecule has 1 heterocycles. The first-order valence-corrected chi connectivity index (χ1v) is 9.48. The van der Waals surface area contributed by atoms with Gasteiger partial charge in [-0.1, -0.05) is 31.5 Å². The number of benzene rings is 2.